The zero-order valence-electron chi connectivity index (χ0n) is 11.2. The van der Waals surface area contributed by atoms with Gasteiger partial charge in [0.05, 0.1) is 7.11 Å². The zero-order valence-corrected chi connectivity index (χ0v) is 12.0. The number of thiazole rings is 1. The molecule has 0 saturated carbocycles. The molecule has 0 radical (unpaired) electrons. The van der Waals surface area contributed by atoms with E-state index in [0.29, 0.717) is 5.88 Å². The molecule has 0 saturated heterocycles. The Kier molecular flexibility index (Phi) is 3.93. The van der Waals surface area contributed by atoms with Crippen LogP contribution in [0.1, 0.15) is 17.9 Å². The van der Waals surface area contributed by atoms with Gasteiger partial charge in [-0.15, -0.1) is 11.3 Å². The third-order valence-corrected chi connectivity index (χ3v) is 3.80. The van der Waals surface area contributed by atoms with Gasteiger partial charge < -0.3 is 10.1 Å². The number of rotatable bonds is 7. The van der Waals surface area contributed by atoms with Crippen LogP contribution in [0, 0.1) is 0 Å². The Labute approximate surface area is 120 Å². The fourth-order valence-electron chi connectivity index (χ4n) is 2.08. The molecule has 0 aliphatic carbocycles. The van der Waals surface area contributed by atoms with Crippen LogP contribution < -0.4 is 10.1 Å². The van der Waals surface area contributed by atoms with Gasteiger partial charge in [-0.2, -0.15) is 10.1 Å². The maximum absolute atomic E-state index is 5.32. The third kappa shape index (κ3) is 2.66. The topological polar surface area (TPSA) is 80.1 Å². The number of hydrogen-bond donors (Lipinski definition) is 2. The Balaban J connectivity index is 1.53. The lowest BCUT2D eigenvalue weighted by atomic mass is 10.3. The lowest BCUT2D eigenvalue weighted by Crippen LogP contribution is -2.17. The Hall–Kier alpha value is -1.93. The number of H-pyrrole nitrogens is 1. The van der Waals surface area contributed by atoms with Crippen molar-refractivity contribution in [3.63, 3.8) is 0 Å². The summed E-state index contributed by atoms with van der Waals surface area (Å²) >= 11 is 1.60. The van der Waals surface area contributed by atoms with E-state index in [1.165, 1.54) is 6.33 Å². The molecule has 3 aromatic heterocycles. The van der Waals surface area contributed by atoms with Crippen molar-refractivity contribution in [3.8, 4) is 5.88 Å². The number of aromatic nitrogens is 5. The standard InChI is InChI=1S/C12H16N6OS/c1-19-11-9(18-5-6-20-12(18)16-11)7-13-4-2-3-10-14-8-15-17-10/h5-6,8,13H,2-4,7H2,1H3,(H,14,15,17). The second-order valence-electron chi connectivity index (χ2n) is 4.34. The van der Waals surface area contributed by atoms with Crippen molar-refractivity contribution in [2.24, 2.45) is 0 Å². The maximum atomic E-state index is 5.32. The van der Waals surface area contributed by atoms with Gasteiger partial charge in [-0.1, -0.05) is 0 Å². The smallest absolute Gasteiger partial charge is 0.237 e. The molecule has 0 unspecified atom stereocenters. The molecule has 0 bridgehead atoms. The summed E-state index contributed by atoms with van der Waals surface area (Å²) < 4.78 is 7.38. The highest BCUT2D eigenvalue weighted by Crippen LogP contribution is 2.22. The van der Waals surface area contributed by atoms with Gasteiger partial charge in [-0.05, 0) is 13.0 Å². The van der Waals surface area contributed by atoms with Crippen LogP contribution in [0.2, 0.25) is 0 Å². The van der Waals surface area contributed by atoms with E-state index in [1.54, 1.807) is 18.4 Å². The van der Waals surface area contributed by atoms with Crippen molar-refractivity contribution in [1.29, 1.82) is 0 Å². The van der Waals surface area contributed by atoms with Crippen LogP contribution in [0.25, 0.3) is 4.96 Å². The average molecular weight is 292 g/mol. The van der Waals surface area contributed by atoms with Crippen molar-refractivity contribution in [3.05, 3.63) is 29.4 Å². The fraction of sp³-hybridized carbons (Fsp3) is 0.417. The van der Waals surface area contributed by atoms with Crippen LogP contribution in [0.15, 0.2) is 17.9 Å². The van der Waals surface area contributed by atoms with Crippen LogP contribution in [-0.2, 0) is 13.0 Å². The van der Waals surface area contributed by atoms with E-state index in [9.17, 15) is 0 Å². The second kappa shape index (κ2) is 6.02. The van der Waals surface area contributed by atoms with Gasteiger partial charge >= 0.3 is 0 Å². The second-order valence-corrected chi connectivity index (χ2v) is 5.21. The van der Waals surface area contributed by atoms with Crippen LogP contribution in [0.4, 0.5) is 0 Å². The van der Waals surface area contributed by atoms with Gasteiger partial charge in [0.2, 0.25) is 5.88 Å². The molecule has 0 fully saturated rings. The highest BCUT2D eigenvalue weighted by atomic mass is 32.1. The molecular formula is C12H16N6OS. The van der Waals surface area contributed by atoms with Crippen LogP contribution in [0.5, 0.6) is 5.88 Å². The molecule has 0 aromatic carbocycles. The summed E-state index contributed by atoms with van der Waals surface area (Å²) in [6.07, 6.45) is 5.45. The Morgan fingerprint density at radius 2 is 2.45 bits per heavy atom. The zero-order chi connectivity index (χ0) is 13.8. The molecule has 3 rings (SSSR count). The molecular weight excluding hydrogens is 276 g/mol. The van der Waals surface area contributed by atoms with E-state index < -0.39 is 0 Å². The first-order valence-electron chi connectivity index (χ1n) is 6.42. The SMILES string of the molecule is COc1nc2sccn2c1CNCCCc1ncn[nH]1. The average Bonchev–Trinajstić information content (AvgIpc) is 3.15. The number of aryl methyl sites for hydroxylation is 1. The number of hydrogen-bond acceptors (Lipinski definition) is 6. The number of fused-ring (bicyclic) bond motifs is 1. The molecule has 20 heavy (non-hydrogen) atoms. The Morgan fingerprint density at radius 1 is 1.50 bits per heavy atom. The number of ether oxygens (including phenoxy) is 1. The summed E-state index contributed by atoms with van der Waals surface area (Å²) in [6, 6.07) is 0. The summed E-state index contributed by atoms with van der Waals surface area (Å²) in [5.74, 6) is 1.62. The lowest BCUT2D eigenvalue weighted by molar-refractivity contribution is 0.393. The van der Waals surface area contributed by atoms with E-state index in [1.807, 2.05) is 11.6 Å². The highest BCUT2D eigenvalue weighted by Gasteiger charge is 2.12. The molecule has 8 heteroatoms. The van der Waals surface area contributed by atoms with Crippen LogP contribution in [0.3, 0.4) is 0 Å². The quantitative estimate of drug-likeness (QED) is 0.641. The first-order valence-corrected chi connectivity index (χ1v) is 7.30. The normalized spacial score (nSPS) is 11.2. The van der Waals surface area contributed by atoms with Crippen molar-refractivity contribution in [1.82, 2.24) is 29.9 Å². The van der Waals surface area contributed by atoms with Crippen LogP contribution >= 0.6 is 11.3 Å². The molecule has 0 spiro atoms. The Bertz CT molecular complexity index is 659. The molecule has 2 N–H and O–H groups in total. The van der Waals surface area contributed by atoms with Gasteiger partial charge in [0.15, 0.2) is 4.96 Å². The molecule has 7 nitrogen and oxygen atoms in total. The van der Waals surface area contributed by atoms with Crippen molar-refractivity contribution >= 4 is 16.3 Å². The van der Waals surface area contributed by atoms with E-state index >= 15 is 0 Å². The van der Waals surface area contributed by atoms with E-state index in [2.05, 4.69) is 29.9 Å². The summed E-state index contributed by atoms with van der Waals surface area (Å²) in [7, 11) is 1.65. The van der Waals surface area contributed by atoms with Crippen molar-refractivity contribution in [2.75, 3.05) is 13.7 Å². The predicted molar refractivity (Wildman–Crippen MR) is 76.0 cm³/mol. The summed E-state index contributed by atoms with van der Waals surface area (Å²) in [5, 5.41) is 12.1. The van der Waals surface area contributed by atoms with Crippen LogP contribution in [-0.4, -0.2) is 38.2 Å². The summed E-state index contributed by atoms with van der Waals surface area (Å²) in [4.78, 5) is 9.48. The minimum absolute atomic E-state index is 0.694. The monoisotopic (exact) mass is 292 g/mol. The first kappa shape index (κ1) is 13.1. The minimum atomic E-state index is 0.694. The first-order chi connectivity index (χ1) is 9.88. The molecule has 3 aromatic rings. The molecule has 3 heterocycles. The highest BCUT2D eigenvalue weighted by molar-refractivity contribution is 7.15. The Morgan fingerprint density at radius 3 is 3.25 bits per heavy atom. The third-order valence-electron chi connectivity index (χ3n) is 3.04. The molecule has 0 amide bonds. The maximum Gasteiger partial charge on any atom is 0.237 e. The number of imidazole rings is 1. The van der Waals surface area contributed by atoms with E-state index in [4.69, 9.17) is 4.74 Å². The van der Waals surface area contributed by atoms with Gasteiger partial charge in [0, 0.05) is 24.5 Å². The molecule has 0 atom stereocenters. The summed E-state index contributed by atoms with van der Waals surface area (Å²) in [5.41, 5.74) is 1.06. The minimum Gasteiger partial charge on any atom is -0.480 e. The van der Waals surface area contributed by atoms with Gasteiger partial charge in [-0.3, -0.25) is 9.50 Å². The lowest BCUT2D eigenvalue weighted by Gasteiger charge is -2.05. The van der Waals surface area contributed by atoms with Gasteiger partial charge in [0.1, 0.15) is 17.8 Å². The van der Waals surface area contributed by atoms with Crippen molar-refractivity contribution in [2.45, 2.75) is 19.4 Å². The number of nitrogens with one attached hydrogen (secondary N) is 2. The van der Waals surface area contributed by atoms with E-state index in [-0.39, 0.29) is 0 Å². The number of nitrogens with zero attached hydrogens (tertiary/aromatic N) is 4. The summed E-state index contributed by atoms with van der Waals surface area (Å²) in [6.45, 7) is 1.64. The molecule has 0 aliphatic heterocycles. The fourth-order valence-corrected chi connectivity index (χ4v) is 2.80. The van der Waals surface area contributed by atoms with E-state index in [0.717, 1.165) is 42.4 Å². The van der Waals surface area contributed by atoms with Crippen molar-refractivity contribution < 1.29 is 4.74 Å². The molecule has 106 valence electrons. The van der Waals surface area contributed by atoms with Gasteiger partial charge in [-0.25, -0.2) is 4.98 Å². The number of methoxy groups -OCH3 is 1. The van der Waals surface area contributed by atoms with Gasteiger partial charge in [0.25, 0.3) is 0 Å². The predicted octanol–water partition coefficient (Wildman–Crippen LogP) is 1.24. The molecule has 0 aliphatic rings. The largest absolute Gasteiger partial charge is 0.480 e. The number of aromatic amines is 1.